The van der Waals surface area contributed by atoms with Crippen molar-refractivity contribution in [3.63, 3.8) is 0 Å². The molecule has 1 saturated heterocycles. The molecule has 4 heteroatoms. The second kappa shape index (κ2) is 4.58. The van der Waals surface area contributed by atoms with Gasteiger partial charge in [-0.3, -0.25) is 9.63 Å². The fourth-order valence-electron chi connectivity index (χ4n) is 1.41. The monoisotopic (exact) mass is 186 g/mol. The second-order valence-corrected chi connectivity index (χ2v) is 3.87. The third kappa shape index (κ3) is 2.97. The van der Waals surface area contributed by atoms with E-state index in [-0.39, 0.29) is 17.9 Å². The Morgan fingerprint density at radius 1 is 1.54 bits per heavy atom. The van der Waals surface area contributed by atoms with Crippen LogP contribution < -0.4 is 10.8 Å². The van der Waals surface area contributed by atoms with E-state index < -0.39 is 0 Å². The van der Waals surface area contributed by atoms with Gasteiger partial charge in [-0.2, -0.15) is 0 Å². The van der Waals surface area contributed by atoms with E-state index in [4.69, 9.17) is 4.84 Å². The van der Waals surface area contributed by atoms with Crippen molar-refractivity contribution in [2.24, 2.45) is 11.8 Å². The summed E-state index contributed by atoms with van der Waals surface area (Å²) < 4.78 is 0. The van der Waals surface area contributed by atoms with Gasteiger partial charge in [-0.1, -0.05) is 6.92 Å². The Morgan fingerprint density at radius 2 is 2.23 bits per heavy atom. The molecule has 2 atom stereocenters. The summed E-state index contributed by atoms with van der Waals surface area (Å²) in [7, 11) is 0. The van der Waals surface area contributed by atoms with Gasteiger partial charge in [-0.15, -0.1) is 0 Å². The number of rotatable bonds is 3. The Hall–Kier alpha value is -0.610. The van der Waals surface area contributed by atoms with Crippen LogP contribution in [0, 0.1) is 11.8 Å². The lowest BCUT2D eigenvalue weighted by atomic mass is 9.98. The van der Waals surface area contributed by atoms with Crippen molar-refractivity contribution in [1.29, 1.82) is 0 Å². The van der Waals surface area contributed by atoms with Crippen LogP contribution in [0.15, 0.2) is 0 Å². The highest BCUT2D eigenvalue weighted by molar-refractivity contribution is 5.78. The van der Waals surface area contributed by atoms with Crippen molar-refractivity contribution in [1.82, 2.24) is 10.8 Å². The fourth-order valence-corrected chi connectivity index (χ4v) is 1.41. The van der Waals surface area contributed by atoms with Crippen LogP contribution in [0.5, 0.6) is 0 Å². The van der Waals surface area contributed by atoms with E-state index in [0.717, 1.165) is 13.1 Å². The van der Waals surface area contributed by atoms with E-state index in [9.17, 15) is 4.79 Å². The average molecular weight is 186 g/mol. The topological polar surface area (TPSA) is 50.4 Å². The zero-order chi connectivity index (χ0) is 9.84. The number of nitrogens with one attached hydrogen (secondary N) is 2. The summed E-state index contributed by atoms with van der Waals surface area (Å²) in [5, 5.41) is 3.17. The first-order chi connectivity index (χ1) is 6.11. The van der Waals surface area contributed by atoms with Crippen LogP contribution in [0.1, 0.15) is 20.8 Å². The molecule has 2 unspecified atom stereocenters. The molecule has 1 rings (SSSR count). The lowest BCUT2D eigenvalue weighted by Gasteiger charge is -2.15. The van der Waals surface area contributed by atoms with Crippen molar-refractivity contribution in [3.8, 4) is 0 Å². The molecule has 4 nitrogen and oxygen atoms in total. The van der Waals surface area contributed by atoms with Gasteiger partial charge in [0, 0.05) is 6.54 Å². The number of amides is 1. The van der Waals surface area contributed by atoms with Gasteiger partial charge in [0.15, 0.2) is 0 Å². The summed E-state index contributed by atoms with van der Waals surface area (Å²) in [5.74, 6) is 0.445. The summed E-state index contributed by atoms with van der Waals surface area (Å²) in [4.78, 5) is 16.5. The zero-order valence-electron chi connectivity index (χ0n) is 8.46. The molecule has 0 aromatic heterocycles. The SMILES string of the molecule is CC(C)ONC(=O)C1CNCC1C. The Balaban J connectivity index is 2.30. The normalized spacial score (nSPS) is 28.0. The molecule has 0 spiro atoms. The minimum absolute atomic E-state index is 0.00815. The maximum Gasteiger partial charge on any atom is 0.248 e. The molecule has 0 aromatic carbocycles. The molecule has 0 aromatic rings. The van der Waals surface area contributed by atoms with Crippen LogP contribution in [0.3, 0.4) is 0 Å². The zero-order valence-corrected chi connectivity index (χ0v) is 8.46. The molecule has 1 aliphatic heterocycles. The number of carbonyl (C=O) groups excluding carboxylic acids is 1. The van der Waals surface area contributed by atoms with E-state index in [1.54, 1.807) is 0 Å². The third-order valence-electron chi connectivity index (χ3n) is 2.25. The minimum Gasteiger partial charge on any atom is -0.316 e. The Bertz CT molecular complexity index is 182. The van der Waals surface area contributed by atoms with Crippen molar-refractivity contribution < 1.29 is 9.63 Å². The first kappa shape index (κ1) is 10.5. The minimum atomic E-state index is -0.00815. The highest BCUT2D eigenvalue weighted by Crippen LogP contribution is 2.15. The molecule has 1 aliphatic rings. The Labute approximate surface area is 79.0 Å². The molecule has 1 amide bonds. The summed E-state index contributed by atoms with van der Waals surface area (Å²) in [5.41, 5.74) is 2.48. The van der Waals surface area contributed by atoms with Gasteiger partial charge in [0.25, 0.3) is 0 Å². The molecule has 0 bridgehead atoms. The molecule has 2 N–H and O–H groups in total. The highest BCUT2D eigenvalue weighted by atomic mass is 16.7. The van der Waals surface area contributed by atoms with E-state index >= 15 is 0 Å². The number of hydrogen-bond donors (Lipinski definition) is 2. The van der Waals surface area contributed by atoms with Gasteiger partial charge in [0.2, 0.25) is 5.91 Å². The maximum absolute atomic E-state index is 11.5. The number of hydroxylamine groups is 1. The number of hydrogen-bond acceptors (Lipinski definition) is 3. The predicted molar refractivity (Wildman–Crippen MR) is 49.9 cm³/mol. The molecular formula is C9H18N2O2. The van der Waals surface area contributed by atoms with Crippen LogP contribution in [0.25, 0.3) is 0 Å². The largest absolute Gasteiger partial charge is 0.316 e. The highest BCUT2D eigenvalue weighted by Gasteiger charge is 2.29. The maximum atomic E-state index is 11.5. The molecule has 0 aliphatic carbocycles. The van der Waals surface area contributed by atoms with Crippen LogP contribution in [0.4, 0.5) is 0 Å². The van der Waals surface area contributed by atoms with Crippen LogP contribution >= 0.6 is 0 Å². The van der Waals surface area contributed by atoms with Crippen LogP contribution in [-0.2, 0) is 9.63 Å². The van der Waals surface area contributed by atoms with E-state index in [0.29, 0.717) is 5.92 Å². The molecule has 76 valence electrons. The molecule has 1 heterocycles. The summed E-state index contributed by atoms with van der Waals surface area (Å²) >= 11 is 0. The first-order valence-electron chi connectivity index (χ1n) is 4.77. The number of carbonyl (C=O) groups is 1. The van der Waals surface area contributed by atoms with E-state index in [1.807, 2.05) is 13.8 Å². The van der Waals surface area contributed by atoms with Crippen molar-refractivity contribution in [3.05, 3.63) is 0 Å². The van der Waals surface area contributed by atoms with Gasteiger partial charge in [0.1, 0.15) is 0 Å². The summed E-state index contributed by atoms with van der Waals surface area (Å²) in [6, 6.07) is 0. The molecule has 0 saturated carbocycles. The molecule has 13 heavy (non-hydrogen) atoms. The quantitative estimate of drug-likeness (QED) is 0.623. The summed E-state index contributed by atoms with van der Waals surface area (Å²) in [6.07, 6.45) is 0.0358. The van der Waals surface area contributed by atoms with Gasteiger partial charge < -0.3 is 5.32 Å². The van der Waals surface area contributed by atoms with Crippen molar-refractivity contribution >= 4 is 5.91 Å². The molecule has 0 radical (unpaired) electrons. The van der Waals surface area contributed by atoms with Crippen molar-refractivity contribution in [2.45, 2.75) is 26.9 Å². The van der Waals surface area contributed by atoms with E-state index in [2.05, 4.69) is 17.7 Å². The second-order valence-electron chi connectivity index (χ2n) is 3.87. The molecule has 1 fully saturated rings. The van der Waals surface area contributed by atoms with Crippen molar-refractivity contribution in [2.75, 3.05) is 13.1 Å². The van der Waals surface area contributed by atoms with Crippen LogP contribution in [0.2, 0.25) is 0 Å². The first-order valence-corrected chi connectivity index (χ1v) is 4.77. The van der Waals surface area contributed by atoms with Crippen LogP contribution in [-0.4, -0.2) is 25.1 Å². The Kier molecular flexibility index (Phi) is 3.69. The van der Waals surface area contributed by atoms with Gasteiger partial charge >= 0.3 is 0 Å². The summed E-state index contributed by atoms with van der Waals surface area (Å²) in [6.45, 7) is 7.51. The van der Waals surface area contributed by atoms with Gasteiger partial charge in [-0.05, 0) is 26.3 Å². The average Bonchev–Trinajstić information content (AvgIpc) is 2.47. The van der Waals surface area contributed by atoms with Gasteiger partial charge in [-0.25, -0.2) is 5.48 Å². The standard InChI is InChI=1S/C9H18N2O2/c1-6(2)13-11-9(12)8-5-10-4-7(8)3/h6-8,10H,4-5H2,1-3H3,(H,11,12). The Morgan fingerprint density at radius 3 is 2.69 bits per heavy atom. The predicted octanol–water partition coefficient (Wildman–Crippen LogP) is 0.298. The van der Waals surface area contributed by atoms with E-state index in [1.165, 1.54) is 0 Å². The smallest absolute Gasteiger partial charge is 0.248 e. The fraction of sp³-hybridized carbons (Fsp3) is 0.889. The third-order valence-corrected chi connectivity index (χ3v) is 2.25. The lowest BCUT2D eigenvalue weighted by molar-refractivity contribution is -0.141. The lowest BCUT2D eigenvalue weighted by Crippen LogP contribution is -2.35. The van der Waals surface area contributed by atoms with Gasteiger partial charge in [0.05, 0.1) is 12.0 Å². The molecular weight excluding hydrogens is 168 g/mol.